The number of hydrogen-bond donors (Lipinski definition) is 2. The molecule has 102 valence electrons. The summed E-state index contributed by atoms with van der Waals surface area (Å²) < 4.78 is 0.926. The quantitative estimate of drug-likeness (QED) is 0.515. The molecular weight excluding hydrogens is 318 g/mol. The Morgan fingerprint density at radius 3 is 2.20 bits per heavy atom. The second-order valence-corrected chi connectivity index (χ2v) is 5.18. The third kappa shape index (κ3) is 3.68. The van der Waals surface area contributed by atoms with Crippen LogP contribution in [-0.2, 0) is 0 Å². The lowest BCUT2D eigenvalue weighted by Gasteiger charge is -2.03. The van der Waals surface area contributed by atoms with Crippen molar-refractivity contribution in [1.82, 2.24) is 5.43 Å². The standard InChI is InChI=1S/C15H14BrN3O/c1-10(11-4-8-14(17)9-5-11)18-19-15(20)12-2-6-13(16)7-3-12/h2-9H,17H2,1H3,(H,19,20)/b18-10-. The number of nitrogens with zero attached hydrogens (tertiary/aromatic N) is 1. The Labute approximate surface area is 125 Å². The molecule has 2 aromatic rings. The molecule has 0 saturated carbocycles. The largest absolute Gasteiger partial charge is 0.399 e. The summed E-state index contributed by atoms with van der Waals surface area (Å²) in [6.07, 6.45) is 0. The first kappa shape index (κ1) is 14.3. The van der Waals surface area contributed by atoms with Gasteiger partial charge in [-0.2, -0.15) is 5.10 Å². The van der Waals surface area contributed by atoms with Crippen LogP contribution in [0, 0.1) is 0 Å². The topological polar surface area (TPSA) is 67.5 Å². The fourth-order valence-corrected chi connectivity index (χ4v) is 1.85. The minimum atomic E-state index is -0.243. The van der Waals surface area contributed by atoms with Crippen molar-refractivity contribution in [1.29, 1.82) is 0 Å². The van der Waals surface area contributed by atoms with Crippen LogP contribution < -0.4 is 11.2 Å². The molecule has 3 N–H and O–H groups in total. The Hall–Kier alpha value is -2.14. The minimum Gasteiger partial charge on any atom is -0.399 e. The predicted octanol–water partition coefficient (Wildman–Crippen LogP) is 3.19. The Kier molecular flexibility index (Phi) is 4.53. The van der Waals surface area contributed by atoms with Crippen LogP contribution in [0.2, 0.25) is 0 Å². The lowest BCUT2D eigenvalue weighted by Crippen LogP contribution is -2.19. The third-order valence-corrected chi connectivity index (χ3v) is 3.29. The third-order valence-electron chi connectivity index (χ3n) is 2.76. The summed E-state index contributed by atoms with van der Waals surface area (Å²) in [7, 11) is 0. The smallest absolute Gasteiger partial charge is 0.271 e. The molecule has 0 spiro atoms. The maximum atomic E-state index is 11.9. The van der Waals surface area contributed by atoms with Crippen molar-refractivity contribution in [3.05, 3.63) is 64.1 Å². The van der Waals surface area contributed by atoms with Gasteiger partial charge in [-0.25, -0.2) is 5.43 Å². The van der Waals surface area contributed by atoms with Crippen LogP contribution in [0.4, 0.5) is 5.69 Å². The first-order chi connectivity index (χ1) is 9.56. The molecule has 20 heavy (non-hydrogen) atoms. The molecule has 2 aromatic carbocycles. The van der Waals surface area contributed by atoms with Gasteiger partial charge in [0.1, 0.15) is 0 Å². The molecule has 0 atom stereocenters. The summed E-state index contributed by atoms with van der Waals surface area (Å²) in [4.78, 5) is 11.9. The van der Waals surface area contributed by atoms with Gasteiger partial charge < -0.3 is 5.73 Å². The first-order valence-electron chi connectivity index (χ1n) is 6.02. The SMILES string of the molecule is C/C(=N/NC(=O)c1ccc(Br)cc1)c1ccc(N)cc1. The average Bonchev–Trinajstić information content (AvgIpc) is 2.46. The monoisotopic (exact) mass is 331 g/mol. The van der Waals surface area contributed by atoms with Gasteiger partial charge in [-0.1, -0.05) is 28.1 Å². The van der Waals surface area contributed by atoms with Crippen molar-refractivity contribution in [2.45, 2.75) is 6.92 Å². The highest BCUT2D eigenvalue weighted by Gasteiger charge is 2.04. The Bertz CT molecular complexity index is 633. The molecule has 5 heteroatoms. The lowest BCUT2D eigenvalue weighted by atomic mass is 10.1. The number of carbonyl (C=O) groups excluding carboxylic acids is 1. The molecule has 0 bridgehead atoms. The number of hydrogen-bond acceptors (Lipinski definition) is 3. The van der Waals surface area contributed by atoms with Crippen LogP contribution in [0.25, 0.3) is 0 Å². The van der Waals surface area contributed by atoms with E-state index < -0.39 is 0 Å². The Morgan fingerprint density at radius 1 is 1.05 bits per heavy atom. The van der Waals surface area contributed by atoms with Crippen molar-refractivity contribution in [3.8, 4) is 0 Å². The van der Waals surface area contributed by atoms with E-state index in [9.17, 15) is 4.79 Å². The normalized spacial score (nSPS) is 11.2. The van der Waals surface area contributed by atoms with Crippen LogP contribution in [0.15, 0.2) is 58.1 Å². The number of nitrogen functional groups attached to an aromatic ring is 1. The minimum absolute atomic E-state index is 0.243. The summed E-state index contributed by atoms with van der Waals surface area (Å²) in [5.41, 5.74) is 11.0. The zero-order valence-electron chi connectivity index (χ0n) is 10.9. The highest BCUT2D eigenvalue weighted by Crippen LogP contribution is 2.10. The molecule has 0 unspecified atom stereocenters. The van der Waals surface area contributed by atoms with Gasteiger partial charge in [-0.15, -0.1) is 0 Å². The zero-order chi connectivity index (χ0) is 14.5. The zero-order valence-corrected chi connectivity index (χ0v) is 12.5. The lowest BCUT2D eigenvalue weighted by molar-refractivity contribution is 0.0955. The second-order valence-electron chi connectivity index (χ2n) is 4.27. The summed E-state index contributed by atoms with van der Waals surface area (Å²) in [5.74, 6) is -0.243. The highest BCUT2D eigenvalue weighted by atomic mass is 79.9. The molecule has 0 heterocycles. The number of halogens is 1. The van der Waals surface area contributed by atoms with Crippen LogP contribution in [0.5, 0.6) is 0 Å². The molecule has 1 amide bonds. The van der Waals surface area contributed by atoms with E-state index in [4.69, 9.17) is 5.73 Å². The molecule has 0 aliphatic rings. The molecule has 0 aromatic heterocycles. The van der Waals surface area contributed by atoms with E-state index in [-0.39, 0.29) is 5.91 Å². The van der Waals surface area contributed by atoms with Crippen LogP contribution in [0.3, 0.4) is 0 Å². The summed E-state index contributed by atoms with van der Waals surface area (Å²) >= 11 is 3.32. The van der Waals surface area contributed by atoms with E-state index in [1.807, 2.05) is 31.2 Å². The molecule has 0 radical (unpaired) electrons. The van der Waals surface area contributed by atoms with Gasteiger partial charge in [-0.3, -0.25) is 4.79 Å². The number of rotatable bonds is 3. The molecule has 0 fully saturated rings. The van der Waals surface area contributed by atoms with Crippen molar-refractivity contribution in [3.63, 3.8) is 0 Å². The fourth-order valence-electron chi connectivity index (χ4n) is 1.59. The van der Waals surface area contributed by atoms with Gasteiger partial charge in [-0.05, 0) is 48.9 Å². The number of nitrogens with two attached hydrogens (primary N) is 1. The molecule has 0 aliphatic carbocycles. The van der Waals surface area contributed by atoms with Crippen LogP contribution in [0.1, 0.15) is 22.8 Å². The van der Waals surface area contributed by atoms with E-state index >= 15 is 0 Å². The molecule has 4 nitrogen and oxygen atoms in total. The van der Waals surface area contributed by atoms with Gasteiger partial charge in [0.05, 0.1) is 5.71 Å². The van der Waals surface area contributed by atoms with Gasteiger partial charge in [0.25, 0.3) is 5.91 Å². The van der Waals surface area contributed by atoms with Crippen molar-refractivity contribution in [2.75, 3.05) is 5.73 Å². The predicted molar refractivity (Wildman–Crippen MR) is 84.7 cm³/mol. The average molecular weight is 332 g/mol. The van der Waals surface area contributed by atoms with Gasteiger partial charge in [0.15, 0.2) is 0 Å². The van der Waals surface area contributed by atoms with Crippen LogP contribution >= 0.6 is 15.9 Å². The van der Waals surface area contributed by atoms with Gasteiger partial charge >= 0.3 is 0 Å². The number of hydrazone groups is 1. The number of carbonyl (C=O) groups is 1. The van der Waals surface area contributed by atoms with E-state index in [1.165, 1.54) is 0 Å². The number of benzene rings is 2. The second kappa shape index (κ2) is 6.34. The maximum Gasteiger partial charge on any atom is 0.271 e. The molecule has 2 rings (SSSR count). The van der Waals surface area contributed by atoms with E-state index in [2.05, 4.69) is 26.5 Å². The number of nitrogens with one attached hydrogen (secondary N) is 1. The van der Waals surface area contributed by atoms with Crippen LogP contribution in [-0.4, -0.2) is 11.6 Å². The first-order valence-corrected chi connectivity index (χ1v) is 6.81. The number of amides is 1. The molecule has 0 aliphatic heterocycles. The molecule has 0 saturated heterocycles. The van der Waals surface area contributed by atoms with E-state index in [0.717, 1.165) is 15.7 Å². The van der Waals surface area contributed by atoms with Crippen molar-refractivity contribution >= 4 is 33.2 Å². The number of anilines is 1. The maximum absolute atomic E-state index is 11.9. The van der Waals surface area contributed by atoms with Crippen molar-refractivity contribution in [2.24, 2.45) is 5.10 Å². The van der Waals surface area contributed by atoms with E-state index in [1.54, 1.807) is 24.3 Å². The van der Waals surface area contributed by atoms with E-state index in [0.29, 0.717) is 11.3 Å². The summed E-state index contributed by atoms with van der Waals surface area (Å²) in [6, 6.07) is 14.4. The summed E-state index contributed by atoms with van der Waals surface area (Å²) in [5, 5.41) is 4.09. The highest BCUT2D eigenvalue weighted by molar-refractivity contribution is 9.10. The fraction of sp³-hybridized carbons (Fsp3) is 0.0667. The van der Waals surface area contributed by atoms with Gasteiger partial charge in [0.2, 0.25) is 0 Å². The summed E-state index contributed by atoms with van der Waals surface area (Å²) in [6.45, 7) is 1.83. The van der Waals surface area contributed by atoms with Crippen molar-refractivity contribution < 1.29 is 4.79 Å². The molecular formula is C15H14BrN3O. The Balaban J connectivity index is 2.06. The van der Waals surface area contributed by atoms with Gasteiger partial charge in [0, 0.05) is 15.7 Å². The Morgan fingerprint density at radius 2 is 1.60 bits per heavy atom.